The molecule has 0 spiro atoms. The van der Waals surface area contributed by atoms with Crippen LogP contribution in [0.2, 0.25) is 0 Å². The highest BCUT2D eigenvalue weighted by Crippen LogP contribution is 2.30. The average molecular weight is 1140 g/mol. The van der Waals surface area contributed by atoms with Gasteiger partial charge in [0.05, 0.1) is 24.0 Å². The van der Waals surface area contributed by atoms with Gasteiger partial charge in [-0.1, -0.05) is 24.3 Å². The zero-order valence-electron chi connectivity index (χ0n) is 46.0. The van der Waals surface area contributed by atoms with Crippen LogP contribution in [-0.4, -0.2) is 154 Å². The maximum Gasteiger partial charge on any atom is 0.243 e. The standard InChI is InChI=1S/C27H40N4O4S.C14H23N3.C13H18ClNO4S.2ClH/c1-20-17-25(35-6)18-21(2)27(20)36(33,34)30(5)14-13-26(32)28-19-22-7-9-24(10-8-22)31-15-11-23(12-16-31)29(3)4;1-16(2)13-7-9-17(10-8-13)14-5-3-12(11-15)4-6-14;1-9-7-11(19-4)8-10(2)13(9)20(17,18)15(3)6-5-12(14)16;;/h7-10,17-18,23H,11-16,19H2,1-6H3,(H,28,32);3-6,13H,7-11,15H2,1-2H3;7-8H,5-6H2,1-4H3;2*1H. The Hall–Kier alpha value is -4.21. The molecule has 0 bridgehead atoms. The van der Waals surface area contributed by atoms with Crippen LogP contribution >= 0.6 is 36.4 Å². The zero-order valence-corrected chi connectivity index (χ0v) is 50.0. The molecular formula is C54H83Cl3N8O8S2. The summed E-state index contributed by atoms with van der Waals surface area (Å²) in [5.74, 6) is 1.04. The molecule has 75 heavy (non-hydrogen) atoms. The number of anilines is 2. The molecule has 2 heterocycles. The monoisotopic (exact) mass is 1140 g/mol. The van der Waals surface area contributed by atoms with Crippen molar-refractivity contribution >= 4 is 79.0 Å². The van der Waals surface area contributed by atoms with Gasteiger partial charge in [0, 0.05) is 103 Å². The van der Waals surface area contributed by atoms with E-state index in [1.165, 1.54) is 55.3 Å². The minimum Gasteiger partial charge on any atom is -0.497 e. The van der Waals surface area contributed by atoms with E-state index in [9.17, 15) is 26.4 Å². The lowest BCUT2D eigenvalue weighted by Crippen LogP contribution is -2.41. The molecule has 0 unspecified atom stereocenters. The van der Waals surface area contributed by atoms with E-state index in [2.05, 4.69) is 89.5 Å². The van der Waals surface area contributed by atoms with E-state index in [0.29, 0.717) is 52.9 Å². The largest absolute Gasteiger partial charge is 0.497 e. The quantitative estimate of drug-likeness (QED) is 0.0872. The summed E-state index contributed by atoms with van der Waals surface area (Å²) in [6, 6.07) is 25.1. The van der Waals surface area contributed by atoms with E-state index >= 15 is 0 Å². The van der Waals surface area contributed by atoms with Gasteiger partial charge >= 0.3 is 0 Å². The maximum absolute atomic E-state index is 13.1. The summed E-state index contributed by atoms with van der Waals surface area (Å²) < 4.78 is 64.0. The van der Waals surface area contributed by atoms with Crippen LogP contribution in [0.3, 0.4) is 0 Å². The second kappa shape index (κ2) is 31.3. The molecule has 4 aromatic carbocycles. The summed E-state index contributed by atoms with van der Waals surface area (Å²) >= 11 is 5.24. The Labute approximate surface area is 466 Å². The number of benzene rings is 4. The number of nitrogens with two attached hydrogens (primary N) is 1. The minimum absolute atomic E-state index is 0. The first-order valence-electron chi connectivity index (χ1n) is 24.8. The molecule has 420 valence electrons. The number of ether oxygens (including phenoxy) is 2. The molecule has 3 N–H and O–H groups in total. The third kappa shape index (κ3) is 19.3. The summed E-state index contributed by atoms with van der Waals surface area (Å²) in [7, 11) is 7.28. The average Bonchev–Trinajstić information content (AvgIpc) is 3.36. The van der Waals surface area contributed by atoms with Crippen molar-refractivity contribution < 1.29 is 35.9 Å². The van der Waals surface area contributed by atoms with Crippen molar-refractivity contribution in [3.05, 3.63) is 106 Å². The van der Waals surface area contributed by atoms with E-state index in [4.69, 9.17) is 26.8 Å². The van der Waals surface area contributed by atoms with Crippen molar-refractivity contribution in [2.75, 3.05) is 106 Å². The highest BCUT2D eigenvalue weighted by Gasteiger charge is 2.28. The van der Waals surface area contributed by atoms with Gasteiger partial charge in [-0.3, -0.25) is 9.59 Å². The third-order valence-corrected chi connectivity index (χ3v) is 18.2. The third-order valence-electron chi connectivity index (χ3n) is 13.7. The molecule has 0 aromatic heterocycles. The number of hydrogen-bond acceptors (Lipinski definition) is 13. The van der Waals surface area contributed by atoms with Crippen LogP contribution in [0.4, 0.5) is 11.4 Å². The van der Waals surface area contributed by atoms with Gasteiger partial charge in [0.25, 0.3) is 0 Å². The van der Waals surface area contributed by atoms with Gasteiger partial charge < -0.3 is 40.1 Å². The number of rotatable bonds is 19. The number of hydrogen-bond donors (Lipinski definition) is 2. The number of aryl methyl sites for hydroxylation is 4. The first kappa shape index (κ1) is 66.9. The molecule has 0 aliphatic carbocycles. The van der Waals surface area contributed by atoms with Gasteiger partial charge in [-0.15, -0.1) is 24.8 Å². The van der Waals surface area contributed by atoms with E-state index in [1.807, 2.05) is 12.1 Å². The Morgan fingerprint density at radius 2 is 0.933 bits per heavy atom. The molecule has 0 radical (unpaired) electrons. The van der Waals surface area contributed by atoms with Crippen LogP contribution in [-0.2, 0) is 42.7 Å². The van der Waals surface area contributed by atoms with Crippen molar-refractivity contribution in [3.63, 3.8) is 0 Å². The van der Waals surface area contributed by atoms with Crippen molar-refractivity contribution in [2.24, 2.45) is 5.73 Å². The Bertz CT molecular complexity index is 2600. The Balaban J connectivity index is 0.000000418. The molecule has 0 atom stereocenters. The smallest absolute Gasteiger partial charge is 0.243 e. The lowest BCUT2D eigenvalue weighted by molar-refractivity contribution is -0.121. The number of piperidine rings is 2. The van der Waals surface area contributed by atoms with Crippen LogP contribution in [0.25, 0.3) is 0 Å². The molecule has 6 rings (SSSR count). The molecule has 4 aromatic rings. The molecule has 2 aliphatic rings. The van der Waals surface area contributed by atoms with Crippen LogP contribution in [0.1, 0.15) is 71.9 Å². The Kier molecular flexibility index (Phi) is 27.9. The zero-order chi connectivity index (χ0) is 54.2. The van der Waals surface area contributed by atoms with E-state index in [1.54, 1.807) is 59.1 Å². The fourth-order valence-electron chi connectivity index (χ4n) is 9.16. The molecule has 16 nitrogen and oxygen atoms in total. The number of amides is 1. The molecule has 2 fully saturated rings. The van der Waals surface area contributed by atoms with Crippen LogP contribution < -0.4 is 30.3 Å². The van der Waals surface area contributed by atoms with Crippen molar-refractivity contribution in [1.29, 1.82) is 0 Å². The van der Waals surface area contributed by atoms with E-state index in [0.717, 1.165) is 54.9 Å². The predicted octanol–water partition coefficient (Wildman–Crippen LogP) is 7.78. The number of nitrogens with zero attached hydrogens (tertiary/aromatic N) is 6. The Morgan fingerprint density at radius 1 is 0.600 bits per heavy atom. The predicted molar refractivity (Wildman–Crippen MR) is 310 cm³/mol. The maximum atomic E-state index is 13.1. The molecular weight excluding hydrogens is 1060 g/mol. The van der Waals surface area contributed by atoms with Crippen LogP contribution in [0.15, 0.2) is 82.6 Å². The van der Waals surface area contributed by atoms with Crippen LogP contribution in [0.5, 0.6) is 11.5 Å². The molecule has 0 saturated carbocycles. The number of halogens is 3. The number of carbonyl (C=O) groups excluding carboxylic acids is 2. The lowest BCUT2D eigenvalue weighted by Gasteiger charge is -2.36. The van der Waals surface area contributed by atoms with Gasteiger partial charge in [-0.2, -0.15) is 0 Å². The van der Waals surface area contributed by atoms with Gasteiger partial charge in [0.1, 0.15) is 11.5 Å². The molecule has 2 aliphatic heterocycles. The number of sulfonamides is 2. The number of nitrogens with one attached hydrogen (secondary N) is 1. The van der Waals surface area contributed by atoms with Crippen molar-refractivity contribution in [2.45, 2.75) is 101 Å². The summed E-state index contributed by atoms with van der Waals surface area (Å²) in [4.78, 5) is 33.2. The first-order valence-corrected chi connectivity index (χ1v) is 28.1. The summed E-state index contributed by atoms with van der Waals surface area (Å²) in [6.07, 6.45) is 4.89. The molecule has 1 amide bonds. The first-order chi connectivity index (χ1) is 34.4. The summed E-state index contributed by atoms with van der Waals surface area (Å²) in [5.41, 5.74) is 12.8. The number of carbonyl (C=O) groups is 2. The van der Waals surface area contributed by atoms with Crippen molar-refractivity contribution in [1.82, 2.24) is 23.7 Å². The summed E-state index contributed by atoms with van der Waals surface area (Å²) in [6.45, 7) is 12.5. The Morgan fingerprint density at radius 3 is 1.24 bits per heavy atom. The van der Waals surface area contributed by atoms with Crippen LogP contribution in [0, 0.1) is 27.7 Å². The highest BCUT2D eigenvalue weighted by atomic mass is 35.5. The highest BCUT2D eigenvalue weighted by molar-refractivity contribution is 7.89. The summed E-state index contributed by atoms with van der Waals surface area (Å²) in [5, 5.41) is 2.34. The van der Waals surface area contributed by atoms with Gasteiger partial charge in [0.2, 0.25) is 31.2 Å². The van der Waals surface area contributed by atoms with Gasteiger partial charge in [0.15, 0.2) is 0 Å². The van der Waals surface area contributed by atoms with E-state index < -0.39 is 25.3 Å². The minimum atomic E-state index is -3.72. The van der Waals surface area contributed by atoms with Gasteiger partial charge in [-0.05, 0) is 175 Å². The second-order valence-corrected chi connectivity index (χ2v) is 23.8. The molecule has 21 heteroatoms. The molecule has 2 saturated heterocycles. The SMILES string of the molecule is CN(C)C1CCN(c2ccc(CN)cc2)CC1.COc1cc(C)c(S(=O)(=O)N(C)CCC(=O)Cl)c(C)c1.COc1cc(C)c(S(=O)(=O)N(C)CCC(=O)NCc2ccc(N3CCC(N(C)C)CC3)cc2)c(C)c1.Cl.Cl. The van der Waals surface area contributed by atoms with Gasteiger partial charge in [-0.25, -0.2) is 25.4 Å². The second-order valence-electron chi connectivity index (χ2n) is 19.4. The topological polar surface area (TPSA) is 178 Å². The fraction of sp³-hybridized carbons (Fsp3) is 0.519. The van der Waals surface area contributed by atoms with E-state index in [-0.39, 0.29) is 66.4 Å². The fourth-order valence-corrected chi connectivity index (χ4v) is 12.4. The number of methoxy groups -OCH3 is 2. The normalized spacial score (nSPS) is 14.3. The lowest BCUT2D eigenvalue weighted by atomic mass is 10.0. The van der Waals surface area contributed by atoms with Crippen molar-refractivity contribution in [3.8, 4) is 11.5 Å².